The number of amides is 2. The summed E-state index contributed by atoms with van der Waals surface area (Å²) in [5.74, 6) is -0.807. The van der Waals surface area contributed by atoms with Crippen molar-refractivity contribution in [2.75, 3.05) is 11.9 Å². The third kappa shape index (κ3) is 5.15. The topological polar surface area (TPSA) is 99.1 Å². The van der Waals surface area contributed by atoms with Gasteiger partial charge in [0.1, 0.15) is 4.91 Å². The Bertz CT molecular complexity index is 1550. The molecule has 2 heterocycles. The molecule has 8 nitrogen and oxygen atoms in total. The minimum Gasteiger partial charge on any atom is -0.337 e. The molecule has 0 radical (unpaired) electrons. The lowest BCUT2D eigenvalue weighted by molar-refractivity contribution is -0.122. The highest BCUT2D eigenvalue weighted by Gasteiger charge is 2.39. The van der Waals surface area contributed by atoms with Crippen molar-refractivity contribution in [1.82, 2.24) is 9.62 Å². The second kappa shape index (κ2) is 10.1. The number of hydrogen-bond acceptors (Lipinski definition) is 8. The number of benzene rings is 3. The fourth-order valence-electron chi connectivity index (χ4n) is 3.88. The van der Waals surface area contributed by atoms with Crippen LogP contribution in [-0.2, 0) is 26.2 Å². The number of carbonyl (C=O) groups excluding carboxylic acids is 2. The van der Waals surface area contributed by atoms with E-state index < -0.39 is 15.9 Å². The largest absolute Gasteiger partial charge is 0.337 e. The van der Waals surface area contributed by atoms with Crippen molar-refractivity contribution in [3.8, 4) is 0 Å². The monoisotopic (exact) mass is 550 g/mol. The molecule has 5 rings (SSSR count). The number of anilines is 1. The molecule has 0 aliphatic carbocycles. The van der Waals surface area contributed by atoms with Gasteiger partial charge in [-0.3, -0.25) is 14.5 Å². The summed E-state index contributed by atoms with van der Waals surface area (Å²) in [5, 5.41) is 1.34. The van der Waals surface area contributed by atoms with Crippen LogP contribution in [0.2, 0.25) is 0 Å². The van der Waals surface area contributed by atoms with Crippen LogP contribution in [0.1, 0.15) is 12.5 Å². The van der Waals surface area contributed by atoms with Crippen LogP contribution >= 0.6 is 23.5 Å². The number of sulfonamides is 1. The van der Waals surface area contributed by atoms with Crippen molar-refractivity contribution in [2.24, 2.45) is 4.99 Å². The number of rotatable bonds is 5. The Morgan fingerprint density at radius 1 is 0.946 bits per heavy atom. The molecule has 2 aliphatic rings. The molecular formula is C26H22N4O4S3. The van der Waals surface area contributed by atoms with E-state index in [1.165, 1.54) is 23.9 Å². The first-order chi connectivity index (χ1) is 17.7. The summed E-state index contributed by atoms with van der Waals surface area (Å²) in [6.45, 7) is 1.48. The SMILES string of the molecule is CC(=O)NS(=O)(=O)c1ccc(/N=C2\S/C(=C3\Sc4ccccc4N3C)C(=O)N2Cc2ccccc2)cc1. The Balaban J connectivity index is 1.50. The normalized spacial score (nSPS) is 18.4. The highest BCUT2D eigenvalue weighted by Crippen LogP contribution is 2.50. The zero-order valence-corrected chi connectivity index (χ0v) is 22.4. The summed E-state index contributed by atoms with van der Waals surface area (Å²) < 4.78 is 26.5. The fourth-order valence-corrected chi connectivity index (χ4v) is 7.22. The smallest absolute Gasteiger partial charge is 0.269 e. The maximum absolute atomic E-state index is 13.7. The van der Waals surface area contributed by atoms with E-state index in [1.54, 1.807) is 28.8 Å². The van der Waals surface area contributed by atoms with Crippen LogP contribution in [0.25, 0.3) is 0 Å². The number of carbonyl (C=O) groups is 2. The fraction of sp³-hybridized carbons (Fsp3) is 0.115. The number of para-hydroxylation sites is 1. The molecule has 0 aromatic heterocycles. The Kier molecular flexibility index (Phi) is 6.84. The third-order valence-electron chi connectivity index (χ3n) is 5.63. The average molecular weight is 551 g/mol. The Labute approximate surface area is 223 Å². The van der Waals surface area contributed by atoms with Gasteiger partial charge in [-0.25, -0.2) is 18.1 Å². The summed E-state index contributed by atoms with van der Waals surface area (Å²) in [6.07, 6.45) is 0. The van der Waals surface area contributed by atoms with E-state index in [-0.39, 0.29) is 10.8 Å². The number of aliphatic imine (C=N–C) groups is 1. The zero-order chi connectivity index (χ0) is 26.2. The van der Waals surface area contributed by atoms with E-state index in [9.17, 15) is 18.0 Å². The molecule has 3 aromatic carbocycles. The molecule has 0 saturated carbocycles. The van der Waals surface area contributed by atoms with E-state index in [1.807, 2.05) is 71.3 Å². The Morgan fingerprint density at radius 2 is 1.62 bits per heavy atom. The first-order valence-electron chi connectivity index (χ1n) is 11.2. The minimum absolute atomic E-state index is 0.0486. The zero-order valence-electron chi connectivity index (χ0n) is 19.9. The molecule has 1 saturated heterocycles. The van der Waals surface area contributed by atoms with E-state index in [0.29, 0.717) is 22.3 Å². The van der Waals surface area contributed by atoms with Crippen molar-refractivity contribution in [2.45, 2.75) is 23.3 Å². The van der Waals surface area contributed by atoms with Crippen LogP contribution in [0, 0.1) is 0 Å². The van der Waals surface area contributed by atoms with Gasteiger partial charge in [0, 0.05) is 18.9 Å². The van der Waals surface area contributed by atoms with Crippen LogP contribution in [0.4, 0.5) is 11.4 Å². The summed E-state index contributed by atoms with van der Waals surface area (Å²) >= 11 is 2.85. The number of nitrogens with one attached hydrogen (secondary N) is 1. The van der Waals surface area contributed by atoms with Crippen LogP contribution in [0.5, 0.6) is 0 Å². The molecule has 11 heteroatoms. The molecule has 0 bridgehead atoms. The molecule has 0 spiro atoms. The highest BCUT2D eigenvalue weighted by molar-refractivity contribution is 8.19. The summed E-state index contributed by atoms with van der Waals surface area (Å²) in [4.78, 5) is 34.9. The summed E-state index contributed by atoms with van der Waals surface area (Å²) in [6, 6.07) is 23.5. The summed E-state index contributed by atoms with van der Waals surface area (Å²) in [7, 11) is -2.01. The van der Waals surface area contributed by atoms with Gasteiger partial charge >= 0.3 is 0 Å². The van der Waals surface area contributed by atoms with E-state index in [0.717, 1.165) is 28.1 Å². The predicted molar refractivity (Wildman–Crippen MR) is 147 cm³/mol. The molecule has 1 N–H and O–H groups in total. The molecule has 3 aromatic rings. The lowest BCUT2D eigenvalue weighted by Gasteiger charge is -2.17. The second-order valence-corrected chi connectivity index (χ2v) is 12.0. The lowest BCUT2D eigenvalue weighted by Crippen LogP contribution is -2.29. The molecule has 2 amide bonds. The minimum atomic E-state index is -3.95. The number of hydrogen-bond donors (Lipinski definition) is 1. The third-order valence-corrected chi connectivity index (χ3v) is 9.51. The van der Waals surface area contributed by atoms with Gasteiger partial charge in [-0.2, -0.15) is 0 Å². The van der Waals surface area contributed by atoms with E-state index in [2.05, 4.69) is 0 Å². The summed E-state index contributed by atoms with van der Waals surface area (Å²) in [5.41, 5.74) is 2.49. The maximum Gasteiger partial charge on any atom is 0.269 e. The van der Waals surface area contributed by atoms with Crippen LogP contribution in [0.15, 0.2) is 104 Å². The molecule has 188 valence electrons. The number of nitrogens with zero attached hydrogens (tertiary/aromatic N) is 3. The van der Waals surface area contributed by atoms with Crippen molar-refractivity contribution in [1.29, 1.82) is 0 Å². The van der Waals surface area contributed by atoms with Gasteiger partial charge < -0.3 is 4.90 Å². The van der Waals surface area contributed by atoms with E-state index in [4.69, 9.17) is 4.99 Å². The van der Waals surface area contributed by atoms with E-state index >= 15 is 0 Å². The quantitative estimate of drug-likeness (QED) is 0.460. The molecule has 0 atom stereocenters. The Morgan fingerprint density at radius 3 is 2.30 bits per heavy atom. The van der Waals surface area contributed by atoms with Gasteiger partial charge in [-0.1, -0.05) is 54.2 Å². The predicted octanol–water partition coefficient (Wildman–Crippen LogP) is 4.69. The number of fused-ring (bicyclic) bond motifs is 1. The van der Waals surface area contributed by atoms with Crippen LogP contribution in [-0.4, -0.2) is 37.3 Å². The molecule has 37 heavy (non-hydrogen) atoms. The van der Waals surface area contributed by atoms with Gasteiger partial charge in [-0.05, 0) is 53.7 Å². The first kappa shape index (κ1) is 25.1. The van der Waals surface area contributed by atoms with Crippen LogP contribution < -0.4 is 9.62 Å². The highest BCUT2D eigenvalue weighted by atomic mass is 32.2. The molecule has 0 unspecified atom stereocenters. The van der Waals surface area contributed by atoms with Crippen molar-refractivity contribution < 1.29 is 18.0 Å². The van der Waals surface area contributed by atoms with Gasteiger partial charge in [0.15, 0.2) is 5.17 Å². The first-order valence-corrected chi connectivity index (χ1v) is 14.4. The lowest BCUT2D eigenvalue weighted by atomic mass is 10.2. The standard InChI is InChI=1S/C26H22N4O4S3/c1-17(31)28-37(33,34)20-14-12-19(13-15-20)27-26-30(16-18-8-4-3-5-9-18)24(32)23(36-26)25-29(2)21-10-6-7-11-22(21)35-25/h3-15H,16H2,1-2H3,(H,28,31)/b25-23-,27-26-. The average Bonchev–Trinajstić information content (AvgIpc) is 3.36. The van der Waals surface area contributed by atoms with Gasteiger partial charge in [0.05, 0.1) is 27.8 Å². The second-order valence-electron chi connectivity index (χ2n) is 8.29. The number of thioether (sulfide) groups is 2. The van der Waals surface area contributed by atoms with Gasteiger partial charge in [0.25, 0.3) is 15.9 Å². The molecule has 2 aliphatic heterocycles. The van der Waals surface area contributed by atoms with Crippen molar-refractivity contribution >= 4 is 61.9 Å². The molecule has 1 fully saturated rings. The number of amidine groups is 1. The van der Waals surface area contributed by atoms with Crippen LogP contribution in [0.3, 0.4) is 0 Å². The van der Waals surface area contributed by atoms with Crippen molar-refractivity contribution in [3.63, 3.8) is 0 Å². The van der Waals surface area contributed by atoms with Gasteiger partial charge in [-0.15, -0.1) is 0 Å². The maximum atomic E-state index is 13.7. The Hall–Kier alpha value is -3.54. The van der Waals surface area contributed by atoms with Gasteiger partial charge in [0.2, 0.25) is 5.91 Å². The van der Waals surface area contributed by atoms with Crippen molar-refractivity contribution in [3.05, 3.63) is 94.4 Å². The molecular weight excluding hydrogens is 529 g/mol.